The highest BCUT2D eigenvalue weighted by Crippen LogP contribution is 2.32. The lowest BCUT2D eigenvalue weighted by atomic mass is 10.1. The summed E-state index contributed by atoms with van der Waals surface area (Å²) in [4.78, 5) is 26.3. The van der Waals surface area contributed by atoms with Crippen molar-refractivity contribution in [2.24, 2.45) is 0 Å². The first-order valence-corrected chi connectivity index (χ1v) is 8.35. The third kappa shape index (κ3) is 3.43. The minimum atomic E-state index is -0.637. The number of benzene rings is 1. The lowest BCUT2D eigenvalue weighted by Crippen LogP contribution is -2.39. The number of anilines is 1. The molecular formula is C19H21N3O5. The van der Waals surface area contributed by atoms with Crippen molar-refractivity contribution in [3.05, 3.63) is 53.0 Å². The highest BCUT2D eigenvalue weighted by Gasteiger charge is 2.33. The molecule has 0 N–H and O–H groups in total. The van der Waals surface area contributed by atoms with E-state index in [0.29, 0.717) is 5.69 Å². The lowest BCUT2D eigenvalue weighted by Gasteiger charge is -2.32. The van der Waals surface area contributed by atoms with E-state index >= 15 is 0 Å². The first-order chi connectivity index (χ1) is 13.0. The van der Waals surface area contributed by atoms with Gasteiger partial charge in [-0.15, -0.1) is 0 Å². The summed E-state index contributed by atoms with van der Waals surface area (Å²) in [5.74, 6) is -1.27. The van der Waals surface area contributed by atoms with Gasteiger partial charge < -0.3 is 19.1 Å². The van der Waals surface area contributed by atoms with Crippen LogP contribution in [0, 0.1) is 13.8 Å². The van der Waals surface area contributed by atoms with E-state index < -0.39 is 11.9 Å². The number of aryl methyl sites for hydroxylation is 2. The van der Waals surface area contributed by atoms with Gasteiger partial charge in [-0.25, -0.2) is 14.3 Å². The number of carbonyl (C=O) groups excluding carboxylic acids is 2. The van der Waals surface area contributed by atoms with Crippen LogP contribution in [-0.4, -0.2) is 49.3 Å². The smallest absolute Gasteiger partial charge is 0.355 e. The van der Waals surface area contributed by atoms with Crippen LogP contribution < -0.4 is 4.90 Å². The Morgan fingerprint density at radius 3 is 2.33 bits per heavy atom. The number of hydrogen-bond donors (Lipinski definition) is 0. The van der Waals surface area contributed by atoms with Crippen LogP contribution in [-0.2, 0) is 23.8 Å². The minimum Gasteiger partial charge on any atom is -0.466 e. The average molecular weight is 371 g/mol. The van der Waals surface area contributed by atoms with Crippen LogP contribution in [0.1, 0.15) is 11.4 Å². The van der Waals surface area contributed by atoms with E-state index in [2.05, 4.69) is 5.10 Å². The molecule has 0 spiro atoms. The van der Waals surface area contributed by atoms with Gasteiger partial charge in [-0.3, -0.25) is 0 Å². The second kappa shape index (κ2) is 7.63. The highest BCUT2D eigenvalue weighted by atomic mass is 16.5. The van der Waals surface area contributed by atoms with Crippen LogP contribution in [0.15, 0.2) is 41.6 Å². The third-order valence-corrected chi connectivity index (χ3v) is 4.24. The van der Waals surface area contributed by atoms with E-state index in [9.17, 15) is 9.59 Å². The van der Waals surface area contributed by atoms with Gasteiger partial charge in [0.15, 0.2) is 0 Å². The van der Waals surface area contributed by atoms with E-state index in [-0.39, 0.29) is 24.6 Å². The summed E-state index contributed by atoms with van der Waals surface area (Å²) in [5.41, 5.74) is 3.43. The summed E-state index contributed by atoms with van der Waals surface area (Å²) < 4.78 is 17.1. The van der Waals surface area contributed by atoms with Crippen molar-refractivity contribution in [1.82, 2.24) is 9.78 Å². The van der Waals surface area contributed by atoms with Crippen molar-refractivity contribution in [3.63, 3.8) is 0 Å². The molecule has 2 aromatic rings. The van der Waals surface area contributed by atoms with Crippen molar-refractivity contribution < 1.29 is 23.8 Å². The molecule has 0 saturated carbocycles. The fourth-order valence-corrected chi connectivity index (χ4v) is 3.08. The maximum Gasteiger partial charge on any atom is 0.355 e. The molecule has 0 radical (unpaired) electrons. The van der Waals surface area contributed by atoms with Gasteiger partial charge in [-0.05, 0) is 32.0 Å². The Kier molecular flexibility index (Phi) is 5.27. The zero-order valence-corrected chi connectivity index (χ0v) is 15.7. The summed E-state index contributed by atoms with van der Waals surface area (Å²) in [5, 5.41) is 4.52. The molecule has 0 saturated heterocycles. The molecule has 1 aliphatic rings. The monoisotopic (exact) mass is 371 g/mol. The number of ether oxygens (including phenoxy) is 3. The molecular weight excluding hydrogens is 350 g/mol. The van der Waals surface area contributed by atoms with Crippen molar-refractivity contribution in [2.45, 2.75) is 13.8 Å². The van der Waals surface area contributed by atoms with Crippen molar-refractivity contribution in [1.29, 1.82) is 0 Å². The van der Waals surface area contributed by atoms with Crippen molar-refractivity contribution >= 4 is 17.6 Å². The molecule has 0 fully saturated rings. The van der Waals surface area contributed by atoms with Crippen LogP contribution in [0.2, 0.25) is 0 Å². The molecule has 1 aromatic heterocycles. The van der Waals surface area contributed by atoms with E-state index in [1.54, 1.807) is 9.58 Å². The molecule has 1 aliphatic heterocycles. The summed E-state index contributed by atoms with van der Waals surface area (Å²) in [6.45, 7) is 3.91. The number of esters is 2. The molecule has 3 rings (SSSR count). The predicted octanol–water partition coefficient (Wildman–Crippen LogP) is 1.88. The van der Waals surface area contributed by atoms with E-state index in [0.717, 1.165) is 17.1 Å². The van der Waals surface area contributed by atoms with E-state index in [1.807, 2.05) is 44.2 Å². The number of aromatic nitrogens is 2. The van der Waals surface area contributed by atoms with Gasteiger partial charge in [0.2, 0.25) is 0 Å². The molecule has 142 valence electrons. The van der Waals surface area contributed by atoms with Crippen molar-refractivity contribution in [2.75, 3.05) is 32.5 Å². The topological polar surface area (TPSA) is 82.9 Å². The standard InChI is InChI=1S/C19H21N3O5/c1-12-9-13(2)22(20-12)16-8-6-5-7-15(16)21-11-27-10-14(18(23)25-3)17(21)19(24)26-4/h5-9H,10-11H2,1-4H3. The summed E-state index contributed by atoms with van der Waals surface area (Å²) in [7, 11) is 2.53. The second-order valence-corrected chi connectivity index (χ2v) is 6.04. The highest BCUT2D eigenvalue weighted by molar-refractivity contribution is 6.03. The first kappa shape index (κ1) is 18.7. The number of para-hydroxylation sites is 2. The quantitative estimate of drug-likeness (QED) is 0.759. The number of rotatable bonds is 4. The zero-order valence-electron chi connectivity index (χ0n) is 15.7. The van der Waals surface area contributed by atoms with Crippen LogP contribution in [0.4, 0.5) is 5.69 Å². The van der Waals surface area contributed by atoms with Gasteiger partial charge in [-0.2, -0.15) is 5.10 Å². The Labute approximate surface area is 156 Å². The predicted molar refractivity (Wildman–Crippen MR) is 97.4 cm³/mol. The average Bonchev–Trinajstić information content (AvgIpc) is 3.04. The Bertz CT molecular complexity index is 916. The molecule has 8 heteroatoms. The van der Waals surface area contributed by atoms with Gasteiger partial charge in [0, 0.05) is 5.69 Å². The summed E-state index contributed by atoms with van der Waals surface area (Å²) in [6, 6.07) is 9.39. The molecule has 1 aromatic carbocycles. The van der Waals surface area contributed by atoms with Gasteiger partial charge in [-0.1, -0.05) is 12.1 Å². The molecule has 2 heterocycles. The van der Waals surface area contributed by atoms with Crippen LogP contribution in [0.3, 0.4) is 0 Å². The minimum absolute atomic E-state index is 0.0321. The summed E-state index contributed by atoms with van der Waals surface area (Å²) in [6.07, 6.45) is 0. The Balaban J connectivity index is 2.19. The molecule has 0 aliphatic carbocycles. The number of methoxy groups -OCH3 is 2. The number of nitrogens with zero attached hydrogens (tertiary/aromatic N) is 3. The van der Waals surface area contributed by atoms with Gasteiger partial charge in [0.1, 0.15) is 12.4 Å². The molecule has 0 amide bonds. The van der Waals surface area contributed by atoms with Gasteiger partial charge in [0.25, 0.3) is 0 Å². The molecule has 0 bridgehead atoms. The van der Waals surface area contributed by atoms with Gasteiger partial charge >= 0.3 is 11.9 Å². The maximum atomic E-state index is 12.5. The fourth-order valence-electron chi connectivity index (χ4n) is 3.08. The third-order valence-electron chi connectivity index (χ3n) is 4.24. The maximum absolute atomic E-state index is 12.5. The lowest BCUT2D eigenvalue weighted by molar-refractivity contribution is -0.140. The Morgan fingerprint density at radius 2 is 1.74 bits per heavy atom. The molecule has 0 atom stereocenters. The number of hydrogen-bond acceptors (Lipinski definition) is 7. The normalized spacial score (nSPS) is 14.3. The van der Waals surface area contributed by atoms with Crippen LogP contribution in [0.5, 0.6) is 0 Å². The Hall–Kier alpha value is -3.13. The van der Waals surface area contributed by atoms with Crippen LogP contribution in [0.25, 0.3) is 5.69 Å². The zero-order chi connectivity index (χ0) is 19.6. The Morgan fingerprint density at radius 1 is 1.07 bits per heavy atom. The first-order valence-electron chi connectivity index (χ1n) is 8.35. The second-order valence-electron chi connectivity index (χ2n) is 6.04. The van der Waals surface area contributed by atoms with Crippen molar-refractivity contribution in [3.8, 4) is 5.69 Å². The van der Waals surface area contributed by atoms with Gasteiger partial charge in [0.05, 0.1) is 43.5 Å². The molecule has 8 nitrogen and oxygen atoms in total. The number of carbonyl (C=O) groups is 2. The van der Waals surface area contributed by atoms with Crippen LogP contribution >= 0.6 is 0 Å². The SMILES string of the molecule is COC(=O)C1=C(C(=O)OC)N(c2ccccc2-n2nc(C)cc2C)COC1. The van der Waals surface area contributed by atoms with E-state index in [1.165, 1.54) is 14.2 Å². The van der Waals surface area contributed by atoms with E-state index in [4.69, 9.17) is 14.2 Å². The molecule has 27 heavy (non-hydrogen) atoms. The largest absolute Gasteiger partial charge is 0.466 e. The summed E-state index contributed by atoms with van der Waals surface area (Å²) >= 11 is 0. The molecule has 0 unspecified atom stereocenters. The fraction of sp³-hybridized carbons (Fsp3) is 0.316.